The van der Waals surface area contributed by atoms with E-state index in [2.05, 4.69) is 0 Å². The highest BCUT2D eigenvalue weighted by Gasteiger charge is 2.39. The molecule has 0 bridgehead atoms. The number of esters is 1. The average Bonchev–Trinajstić information content (AvgIpc) is 3.23. The van der Waals surface area contributed by atoms with Crippen molar-refractivity contribution in [2.24, 2.45) is 0 Å². The van der Waals surface area contributed by atoms with Crippen molar-refractivity contribution in [2.45, 2.75) is 31.3 Å². The summed E-state index contributed by atoms with van der Waals surface area (Å²) in [6.45, 7) is -0.571. The number of hydrogen-bond acceptors (Lipinski definition) is 6. The van der Waals surface area contributed by atoms with Crippen LogP contribution in [-0.4, -0.2) is 31.3 Å². The number of benzene rings is 3. The number of rotatable bonds is 7. The Hall–Kier alpha value is -2.97. The summed E-state index contributed by atoms with van der Waals surface area (Å²) in [6.07, 6.45) is 3.26. The smallest absolute Gasteiger partial charge is 0.338 e. The van der Waals surface area contributed by atoms with E-state index in [9.17, 15) is 22.2 Å². The van der Waals surface area contributed by atoms with Crippen molar-refractivity contribution in [3.63, 3.8) is 0 Å². The van der Waals surface area contributed by atoms with Crippen LogP contribution in [0.5, 0.6) is 5.75 Å². The number of fused-ring (bicyclic) bond motifs is 1. The second-order valence-electron chi connectivity index (χ2n) is 7.87. The van der Waals surface area contributed by atoms with E-state index in [1.165, 1.54) is 12.1 Å². The number of halogens is 1. The Morgan fingerprint density at radius 2 is 1.75 bits per heavy atom. The average molecular weight is 457 g/mol. The lowest BCUT2D eigenvalue weighted by molar-refractivity contribution is 0.0520. The minimum Gasteiger partial charge on any atom is -0.748 e. The van der Waals surface area contributed by atoms with Gasteiger partial charge in [-0.2, -0.15) is 0 Å². The molecule has 0 radical (unpaired) electrons. The summed E-state index contributed by atoms with van der Waals surface area (Å²) in [6, 6.07) is 17.5. The van der Waals surface area contributed by atoms with E-state index < -0.39 is 39.9 Å². The summed E-state index contributed by atoms with van der Waals surface area (Å²) < 4.78 is 57.9. The molecule has 0 heterocycles. The van der Waals surface area contributed by atoms with Crippen LogP contribution >= 0.6 is 0 Å². The van der Waals surface area contributed by atoms with Crippen molar-refractivity contribution in [2.75, 3.05) is 12.4 Å². The normalized spacial score (nSPS) is 15.6. The number of hydrogen-bond donors (Lipinski definition) is 0. The quantitative estimate of drug-likeness (QED) is 0.382. The van der Waals surface area contributed by atoms with Gasteiger partial charge in [0.15, 0.2) is 11.6 Å². The largest absolute Gasteiger partial charge is 0.748 e. The SMILES string of the molecule is O=C(OCCS(=O)(=O)[O-])c1ccc(F)c(OC2(c3cccc4ccccc34)CCCC2)c1. The molecule has 3 aromatic rings. The van der Waals surface area contributed by atoms with Crippen molar-refractivity contribution in [1.82, 2.24) is 0 Å². The van der Waals surface area contributed by atoms with Crippen molar-refractivity contribution < 1.29 is 31.6 Å². The highest BCUT2D eigenvalue weighted by atomic mass is 32.2. The first kappa shape index (κ1) is 22.2. The van der Waals surface area contributed by atoms with Crippen molar-refractivity contribution in [1.29, 1.82) is 0 Å². The zero-order valence-corrected chi connectivity index (χ0v) is 18.1. The molecule has 0 N–H and O–H groups in total. The molecule has 0 spiro atoms. The molecule has 0 atom stereocenters. The van der Waals surface area contributed by atoms with Gasteiger partial charge in [0.1, 0.15) is 12.2 Å². The van der Waals surface area contributed by atoms with Crippen LogP contribution in [0.15, 0.2) is 60.7 Å². The Morgan fingerprint density at radius 1 is 1.03 bits per heavy atom. The van der Waals surface area contributed by atoms with Crippen LogP contribution in [0.2, 0.25) is 0 Å². The maximum atomic E-state index is 14.7. The lowest BCUT2D eigenvalue weighted by Gasteiger charge is -2.32. The molecular formula is C24H22FO6S-. The second-order valence-corrected chi connectivity index (χ2v) is 9.40. The van der Waals surface area contributed by atoms with Crippen LogP contribution in [0.3, 0.4) is 0 Å². The van der Waals surface area contributed by atoms with Crippen molar-refractivity contribution in [3.8, 4) is 5.75 Å². The predicted octanol–water partition coefficient (Wildman–Crippen LogP) is 4.53. The van der Waals surface area contributed by atoms with E-state index in [4.69, 9.17) is 9.47 Å². The van der Waals surface area contributed by atoms with Gasteiger partial charge in [-0.05, 0) is 54.7 Å². The monoisotopic (exact) mass is 457 g/mol. The van der Waals surface area contributed by atoms with E-state index in [1.54, 1.807) is 0 Å². The standard InChI is InChI=1S/C24H23FO6S/c25-21-11-10-18(23(26)30-14-15-32(27,28)29)16-22(21)31-24(12-3-4-13-24)20-9-5-7-17-6-1-2-8-19(17)20/h1-2,5-11,16H,3-4,12-15H2,(H,27,28,29)/p-1. The van der Waals surface area contributed by atoms with Crippen LogP contribution in [0.4, 0.5) is 4.39 Å². The first-order valence-corrected chi connectivity index (χ1v) is 11.9. The highest BCUT2D eigenvalue weighted by molar-refractivity contribution is 7.85. The van der Waals surface area contributed by atoms with Gasteiger partial charge >= 0.3 is 5.97 Å². The maximum Gasteiger partial charge on any atom is 0.338 e. The van der Waals surface area contributed by atoms with Gasteiger partial charge in [0.25, 0.3) is 0 Å². The van der Waals surface area contributed by atoms with Crippen LogP contribution < -0.4 is 4.74 Å². The molecule has 4 rings (SSSR count). The summed E-state index contributed by atoms with van der Waals surface area (Å²) in [4.78, 5) is 12.3. The lowest BCUT2D eigenvalue weighted by Crippen LogP contribution is -2.30. The van der Waals surface area contributed by atoms with Gasteiger partial charge < -0.3 is 14.0 Å². The molecule has 0 aliphatic heterocycles. The topological polar surface area (TPSA) is 92.7 Å². The first-order chi connectivity index (χ1) is 15.3. The maximum absolute atomic E-state index is 14.7. The summed E-state index contributed by atoms with van der Waals surface area (Å²) in [7, 11) is -4.50. The van der Waals surface area contributed by atoms with Gasteiger partial charge in [-0.3, -0.25) is 0 Å². The Kier molecular flexibility index (Phi) is 6.17. The molecule has 1 aliphatic carbocycles. The fraction of sp³-hybridized carbons (Fsp3) is 0.292. The Morgan fingerprint density at radius 3 is 2.50 bits per heavy atom. The van der Waals surface area contributed by atoms with Crippen molar-refractivity contribution in [3.05, 3.63) is 77.6 Å². The summed E-state index contributed by atoms with van der Waals surface area (Å²) in [5.41, 5.74) is 0.248. The third-order valence-electron chi connectivity index (χ3n) is 5.73. The van der Waals surface area contributed by atoms with Crippen molar-refractivity contribution >= 4 is 26.9 Å². The third-order valence-corrected chi connectivity index (χ3v) is 6.40. The van der Waals surface area contributed by atoms with E-state index in [-0.39, 0.29) is 11.3 Å². The van der Waals surface area contributed by atoms with E-state index in [1.807, 2.05) is 42.5 Å². The van der Waals surface area contributed by atoms with Crippen LogP contribution in [0.25, 0.3) is 10.8 Å². The molecular weight excluding hydrogens is 435 g/mol. The molecule has 0 aromatic heterocycles. The Labute approximate surface area is 185 Å². The fourth-order valence-electron chi connectivity index (χ4n) is 4.23. The molecule has 0 saturated heterocycles. The fourth-order valence-corrected chi connectivity index (χ4v) is 4.52. The molecule has 1 fully saturated rings. The van der Waals surface area contributed by atoms with E-state index in [0.717, 1.165) is 35.2 Å². The summed E-state index contributed by atoms with van der Waals surface area (Å²) in [5, 5.41) is 2.10. The van der Waals surface area contributed by atoms with Gasteiger partial charge in [-0.1, -0.05) is 42.5 Å². The van der Waals surface area contributed by atoms with Gasteiger partial charge in [0, 0.05) is 5.56 Å². The lowest BCUT2D eigenvalue weighted by atomic mass is 9.87. The molecule has 168 valence electrons. The Balaban J connectivity index is 1.64. The van der Waals surface area contributed by atoms with E-state index >= 15 is 0 Å². The van der Waals surface area contributed by atoms with Gasteiger partial charge in [-0.15, -0.1) is 0 Å². The van der Waals surface area contributed by atoms with Crippen LogP contribution in [0, 0.1) is 5.82 Å². The second kappa shape index (κ2) is 8.88. The molecule has 1 aliphatic rings. The van der Waals surface area contributed by atoms with Gasteiger partial charge in [0.2, 0.25) is 0 Å². The summed E-state index contributed by atoms with van der Waals surface area (Å²) >= 11 is 0. The van der Waals surface area contributed by atoms with Crippen LogP contribution in [0.1, 0.15) is 41.6 Å². The molecule has 6 nitrogen and oxygen atoms in total. The molecule has 8 heteroatoms. The predicted molar refractivity (Wildman–Crippen MR) is 116 cm³/mol. The molecule has 0 unspecified atom stereocenters. The van der Waals surface area contributed by atoms with Gasteiger partial charge in [0.05, 0.1) is 21.4 Å². The molecule has 32 heavy (non-hydrogen) atoms. The Bertz CT molecular complexity index is 1240. The zero-order valence-electron chi connectivity index (χ0n) is 17.3. The highest BCUT2D eigenvalue weighted by Crippen LogP contribution is 2.45. The van der Waals surface area contributed by atoms with Crippen LogP contribution in [-0.2, 0) is 20.5 Å². The summed E-state index contributed by atoms with van der Waals surface area (Å²) in [5.74, 6) is -2.38. The van der Waals surface area contributed by atoms with Gasteiger partial charge in [-0.25, -0.2) is 17.6 Å². The molecule has 3 aromatic carbocycles. The number of ether oxygens (including phenoxy) is 2. The number of carbonyl (C=O) groups is 1. The third kappa shape index (κ3) is 4.76. The molecule has 1 saturated carbocycles. The zero-order chi connectivity index (χ0) is 22.8. The number of carbonyl (C=O) groups excluding carboxylic acids is 1. The minimum absolute atomic E-state index is 0.00997. The van der Waals surface area contributed by atoms with E-state index in [0.29, 0.717) is 12.8 Å². The molecule has 0 amide bonds. The first-order valence-electron chi connectivity index (χ1n) is 10.3. The minimum atomic E-state index is -4.50.